The molecule has 3 heterocycles. The number of nitrogens with zero attached hydrogens (tertiary/aromatic N) is 3. The third kappa shape index (κ3) is 4.79. The Kier molecular flexibility index (Phi) is 6.83. The molecule has 2 fully saturated rings. The molecule has 0 saturated carbocycles. The molecule has 1 unspecified atom stereocenters. The first-order chi connectivity index (χ1) is 13.5. The van der Waals surface area contributed by atoms with E-state index in [0.717, 1.165) is 37.9 Å². The van der Waals surface area contributed by atoms with Crippen LogP contribution in [0.2, 0.25) is 0 Å². The van der Waals surface area contributed by atoms with Gasteiger partial charge in [0, 0.05) is 50.8 Å². The number of carbonyl (C=O) groups excluding carboxylic acids is 1. The molecule has 1 spiro atoms. The number of rotatable bonds is 7. The molecule has 2 saturated heterocycles. The maximum absolute atomic E-state index is 12.5. The number of amides is 1. The molecule has 2 aliphatic heterocycles. The van der Waals surface area contributed by atoms with Crippen molar-refractivity contribution in [1.29, 1.82) is 0 Å². The van der Waals surface area contributed by atoms with E-state index in [-0.39, 0.29) is 17.2 Å². The van der Waals surface area contributed by atoms with Gasteiger partial charge in [0.2, 0.25) is 5.91 Å². The number of carboxylic acids is 1. The molecule has 0 radical (unpaired) electrons. The van der Waals surface area contributed by atoms with Crippen molar-refractivity contribution in [3.8, 4) is 0 Å². The molecule has 0 bridgehead atoms. The van der Waals surface area contributed by atoms with E-state index in [0.29, 0.717) is 32.6 Å². The second kappa shape index (κ2) is 9.32. The van der Waals surface area contributed by atoms with E-state index >= 15 is 0 Å². The number of carbonyl (C=O) groups is 2. The number of piperidine rings is 1. The predicted molar refractivity (Wildman–Crippen MR) is 108 cm³/mol. The number of unbranched alkanes of at least 4 members (excludes halogenated alkanes) is 1. The summed E-state index contributed by atoms with van der Waals surface area (Å²) in [4.78, 5) is 32.9. The molecule has 0 aliphatic carbocycles. The highest BCUT2D eigenvalue weighted by Gasteiger charge is 2.51. The summed E-state index contributed by atoms with van der Waals surface area (Å²) < 4.78 is 0. The third-order valence-electron chi connectivity index (χ3n) is 6.24. The predicted octanol–water partition coefficient (Wildman–Crippen LogP) is 2.95. The van der Waals surface area contributed by atoms with Crippen LogP contribution < -0.4 is 0 Å². The van der Waals surface area contributed by atoms with Crippen molar-refractivity contribution in [2.45, 2.75) is 45.6 Å². The van der Waals surface area contributed by atoms with Crippen LogP contribution in [0.1, 0.15) is 44.7 Å². The number of allylic oxidation sites excluding steroid dienone is 2. The number of hydrogen-bond acceptors (Lipinski definition) is 4. The standard InChI is InChI=1S/C22H31N3O3/c1-2-3-4-5-9-20(26)25-13-10-22(11-14-25)17-24(16-19(22)21(27)28)15-18-8-6-7-12-23-18/h2-3,6-8,12,19H,4-5,9-11,13-17H2,1H3,(H,27,28)/b3-2+. The summed E-state index contributed by atoms with van der Waals surface area (Å²) in [7, 11) is 0. The molecular formula is C22H31N3O3. The Hall–Kier alpha value is -2.21. The number of aromatic nitrogens is 1. The fourth-order valence-corrected chi connectivity index (χ4v) is 4.66. The van der Waals surface area contributed by atoms with Crippen LogP contribution in [0, 0.1) is 11.3 Å². The van der Waals surface area contributed by atoms with E-state index in [1.807, 2.05) is 36.1 Å². The highest BCUT2D eigenvalue weighted by Crippen LogP contribution is 2.45. The lowest BCUT2D eigenvalue weighted by molar-refractivity contribution is -0.146. The Morgan fingerprint density at radius 3 is 2.75 bits per heavy atom. The zero-order valence-corrected chi connectivity index (χ0v) is 16.7. The van der Waals surface area contributed by atoms with Crippen molar-refractivity contribution in [3.05, 3.63) is 42.2 Å². The minimum absolute atomic E-state index is 0.203. The molecule has 1 aromatic rings. The zero-order chi connectivity index (χ0) is 20.0. The van der Waals surface area contributed by atoms with Crippen molar-refractivity contribution in [2.75, 3.05) is 26.2 Å². The van der Waals surface area contributed by atoms with Crippen LogP contribution in [0.15, 0.2) is 36.5 Å². The minimum Gasteiger partial charge on any atom is -0.481 e. The average Bonchev–Trinajstić information content (AvgIpc) is 3.04. The normalized spacial score (nSPS) is 22.2. The van der Waals surface area contributed by atoms with Gasteiger partial charge in [0.25, 0.3) is 0 Å². The van der Waals surface area contributed by atoms with Crippen molar-refractivity contribution in [1.82, 2.24) is 14.8 Å². The summed E-state index contributed by atoms with van der Waals surface area (Å²) >= 11 is 0. The topological polar surface area (TPSA) is 73.7 Å². The molecule has 3 rings (SSSR count). The van der Waals surface area contributed by atoms with Gasteiger partial charge in [0.05, 0.1) is 11.6 Å². The quantitative estimate of drug-likeness (QED) is 0.577. The summed E-state index contributed by atoms with van der Waals surface area (Å²) in [5, 5.41) is 9.83. The third-order valence-corrected chi connectivity index (χ3v) is 6.24. The summed E-state index contributed by atoms with van der Waals surface area (Å²) in [6.07, 6.45) is 9.79. The smallest absolute Gasteiger partial charge is 0.308 e. The van der Waals surface area contributed by atoms with Gasteiger partial charge in [-0.25, -0.2) is 0 Å². The van der Waals surface area contributed by atoms with Crippen molar-refractivity contribution >= 4 is 11.9 Å². The second-order valence-corrected chi connectivity index (χ2v) is 8.09. The van der Waals surface area contributed by atoms with Gasteiger partial charge in [-0.05, 0) is 44.7 Å². The van der Waals surface area contributed by atoms with Crippen molar-refractivity contribution in [2.24, 2.45) is 11.3 Å². The highest BCUT2D eigenvalue weighted by atomic mass is 16.4. The molecule has 1 atom stereocenters. The Labute approximate surface area is 167 Å². The zero-order valence-electron chi connectivity index (χ0n) is 16.7. The van der Waals surface area contributed by atoms with E-state index in [9.17, 15) is 14.7 Å². The van der Waals surface area contributed by atoms with Crippen LogP contribution in [0.25, 0.3) is 0 Å². The van der Waals surface area contributed by atoms with E-state index in [2.05, 4.69) is 16.0 Å². The minimum atomic E-state index is -0.713. The molecule has 1 N–H and O–H groups in total. The maximum atomic E-state index is 12.5. The van der Waals surface area contributed by atoms with Gasteiger partial charge in [-0.2, -0.15) is 0 Å². The van der Waals surface area contributed by atoms with Gasteiger partial charge < -0.3 is 10.0 Å². The summed E-state index contributed by atoms with van der Waals surface area (Å²) in [6.45, 7) is 5.34. The fraction of sp³-hybridized carbons (Fsp3) is 0.591. The largest absolute Gasteiger partial charge is 0.481 e. The van der Waals surface area contributed by atoms with Gasteiger partial charge in [0.15, 0.2) is 0 Å². The van der Waals surface area contributed by atoms with Crippen molar-refractivity contribution < 1.29 is 14.7 Å². The SMILES string of the molecule is C/C=C/CCCC(=O)N1CCC2(CC1)CN(Cc1ccccn1)CC2C(=O)O. The molecule has 0 aromatic carbocycles. The Balaban J connectivity index is 1.58. The molecule has 28 heavy (non-hydrogen) atoms. The molecule has 1 amide bonds. The van der Waals surface area contributed by atoms with E-state index < -0.39 is 5.97 Å². The maximum Gasteiger partial charge on any atom is 0.308 e. The van der Waals surface area contributed by atoms with Gasteiger partial charge in [-0.3, -0.25) is 19.5 Å². The molecule has 1 aromatic heterocycles. The average molecular weight is 386 g/mol. The van der Waals surface area contributed by atoms with Crippen LogP contribution >= 0.6 is 0 Å². The summed E-state index contributed by atoms with van der Waals surface area (Å²) in [5.74, 6) is -0.882. The van der Waals surface area contributed by atoms with E-state index in [1.165, 1.54) is 0 Å². The first kappa shape index (κ1) is 20.5. The monoisotopic (exact) mass is 385 g/mol. The Morgan fingerprint density at radius 2 is 2.11 bits per heavy atom. The highest BCUT2D eigenvalue weighted by molar-refractivity contribution is 5.76. The van der Waals surface area contributed by atoms with Crippen molar-refractivity contribution in [3.63, 3.8) is 0 Å². The van der Waals surface area contributed by atoms with Gasteiger partial charge >= 0.3 is 5.97 Å². The summed E-state index contributed by atoms with van der Waals surface area (Å²) in [6, 6.07) is 5.83. The fourth-order valence-electron chi connectivity index (χ4n) is 4.66. The molecular weight excluding hydrogens is 354 g/mol. The van der Waals surface area contributed by atoms with Crippen LogP contribution in [0.4, 0.5) is 0 Å². The van der Waals surface area contributed by atoms with Crippen LogP contribution in [-0.4, -0.2) is 57.9 Å². The van der Waals surface area contributed by atoms with E-state index in [1.54, 1.807) is 6.20 Å². The van der Waals surface area contributed by atoms with Crippen LogP contribution in [0.5, 0.6) is 0 Å². The molecule has 6 nitrogen and oxygen atoms in total. The number of hydrogen-bond donors (Lipinski definition) is 1. The lowest BCUT2D eigenvalue weighted by Gasteiger charge is -2.41. The Bertz CT molecular complexity index is 696. The van der Waals surface area contributed by atoms with Crippen LogP contribution in [0.3, 0.4) is 0 Å². The lowest BCUT2D eigenvalue weighted by atomic mass is 9.71. The molecule has 6 heteroatoms. The first-order valence-electron chi connectivity index (χ1n) is 10.3. The van der Waals surface area contributed by atoms with Gasteiger partial charge in [0.1, 0.15) is 0 Å². The Morgan fingerprint density at radius 1 is 1.32 bits per heavy atom. The van der Waals surface area contributed by atoms with Gasteiger partial charge in [-0.1, -0.05) is 18.2 Å². The van der Waals surface area contributed by atoms with Crippen LogP contribution in [-0.2, 0) is 16.1 Å². The number of likely N-dealkylation sites (tertiary alicyclic amines) is 2. The number of pyridine rings is 1. The first-order valence-corrected chi connectivity index (χ1v) is 10.3. The second-order valence-electron chi connectivity index (χ2n) is 8.09. The van der Waals surface area contributed by atoms with Gasteiger partial charge in [-0.15, -0.1) is 0 Å². The van der Waals surface area contributed by atoms with E-state index in [4.69, 9.17) is 0 Å². The lowest BCUT2D eigenvalue weighted by Crippen LogP contribution is -2.47. The number of aliphatic carboxylic acids is 1. The number of carboxylic acid groups (broad SMARTS) is 1. The summed E-state index contributed by atoms with van der Waals surface area (Å²) in [5.41, 5.74) is 0.736. The molecule has 152 valence electrons. The molecule has 2 aliphatic rings.